The number of methoxy groups -OCH3 is 1. The van der Waals surface area contributed by atoms with E-state index in [0.29, 0.717) is 41.5 Å². The minimum absolute atomic E-state index is 0.164. The summed E-state index contributed by atoms with van der Waals surface area (Å²) in [4.78, 5) is 18.1. The highest BCUT2D eigenvalue weighted by Gasteiger charge is 2.31. The Labute approximate surface area is 195 Å². The predicted octanol–water partition coefficient (Wildman–Crippen LogP) is 5.46. The summed E-state index contributed by atoms with van der Waals surface area (Å²) in [6.07, 6.45) is -2.77. The lowest BCUT2D eigenvalue weighted by Gasteiger charge is -2.33. The van der Waals surface area contributed by atoms with Crippen LogP contribution in [0.15, 0.2) is 60.8 Å². The molecule has 1 N–H and O–H groups in total. The number of nitrogens with zero attached hydrogens (tertiary/aromatic N) is 2. The third-order valence-corrected chi connectivity index (χ3v) is 5.63. The van der Waals surface area contributed by atoms with Gasteiger partial charge in [-0.05, 0) is 42.3 Å². The Morgan fingerprint density at radius 2 is 1.97 bits per heavy atom. The van der Waals surface area contributed by atoms with Gasteiger partial charge in [-0.15, -0.1) is 0 Å². The molecule has 0 fully saturated rings. The number of anilines is 2. The Bertz CT molecular complexity index is 1170. The molecule has 34 heavy (non-hydrogen) atoms. The summed E-state index contributed by atoms with van der Waals surface area (Å²) >= 11 is 0. The molecule has 0 aliphatic carbocycles. The Balaban J connectivity index is 1.58. The Kier molecular flexibility index (Phi) is 6.63. The number of aromatic nitrogens is 1. The molecule has 0 amide bonds. The molecule has 9 heteroatoms. The largest absolute Gasteiger partial charge is 0.489 e. The lowest BCUT2D eigenvalue weighted by Crippen LogP contribution is -2.33. The number of fused-ring (bicyclic) bond motifs is 1. The maximum Gasteiger partial charge on any atom is 0.416 e. The first-order valence-electron chi connectivity index (χ1n) is 10.7. The lowest BCUT2D eigenvalue weighted by molar-refractivity contribution is -0.137. The summed E-state index contributed by atoms with van der Waals surface area (Å²) in [7, 11) is 1.33. The number of hydrogen-bond donors (Lipinski definition) is 1. The Morgan fingerprint density at radius 3 is 2.68 bits per heavy atom. The second-order valence-corrected chi connectivity index (χ2v) is 7.95. The summed E-state index contributed by atoms with van der Waals surface area (Å²) in [6.45, 7) is 3.16. The van der Waals surface area contributed by atoms with Gasteiger partial charge in [-0.25, -0.2) is 9.78 Å². The van der Waals surface area contributed by atoms with Gasteiger partial charge in [-0.2, -0.15) is 13.2 Å². The van der Waals surface area contributed by atoms with E-state index in [9.17, 15) is 18.0 Å². The quantitative estimate of drug-likeness (QED) is 0.482. The van der Waals surface area contributed by atoms with Crippen LogP contribution in [0.25, 0.3) is 0 Å². The van der Waals surface area contributed by atoms with Crippen LogP contribution in [-0.2, 0) is 17.5 Å². The standard InChI is InChI=1S/C25H24F3N3O3/c1-16(18-6-8-19(9-7-18)24(32)33-2)30-23-22-21(10-11-29-23)34-13-12-31(22)15-17-4-3-5-20(14-17)25(26,27)28/h3-11,14,16H,12-13,15H2,1-2H3,(H,29,30)/t16-/m0/s1. The Hall–Kier alpha value is -3.75. The lowest BCUT2D eigenvalue weighted by atomic mass is 10.1. The van der Waals surface area contributed by atoms with Crippen molar-refractivity contribution in [3.05, 3.63) is 83.0 Å². The number of ether oxygens (including phenoxy) is 2. The number of esters is 1. The van der Waals surface area contributed by atoms with E-state index in [2.05, 4.69) is 10.3 Å². The van der Waals surface area contributed by atoms with Gasteiger partial charge in [-0.3, -0.25) is 0 Å². The summed E-state index contributed by atoms with van der Waals surface area (Å²) in [6, 6.07) is 14.0. The van der Waals surface area contributed by atoms with Gasteiger partial charge in [0.05, 0.1) is 30.8 Å². The fourth-order valence-corrected chi connectivity index (χ4v) is 3.88. The van der Waals surface area contributed by atoms with Crippen LogP contribution in [0.1, 0.15) is 40.0 Å². The van der Waals surface area contributed by atoms with Crippen molar-refractivity contribution < 1.29 is 27.4 Å². The monoisotopic (exact) mass is 471 g/mol. The fourth-order valence-electron chi connectivity index (χ4n) is 3.88. The van der Waals surface area contributed by atoms with E-state index < -0.39 is 17.7 Å². The van der Waals surface area contributed by atoms with E-state index in [1.807, 2.05) is 24.0 Å². The van der Waals surface area contributed by atoms with E-state index >= 15 is 0 Å². The minimum Gasteiger partial charge on any atom is -0.489 e. The van der Waals surface area contributed by atoms with Crippen LogP contribution in [0.2, 0.25) is 0 Å². The smallest absolute Gasteiger partial charge is 0.416 e. The fraction of sp³-hybridized carbons (Fsp3) is 0.280. The molecule has 1 aromatic heterocycles. The number of benzene rings is 2. The van der Waals surface area contributed by atoms with Crippen molar-refractivity contribution in [1.82, 2.24) is 4.98 Å². The number of carbonyl (C=O) groups is 1. The van der Waals surface area contributed by atoms with Gasteiger partial charge in [0.2, 0.25) is 0 Å². The van der Waals surface area contributed by atoms with Crippen molar-refractivity contribution in [2.45, 2.75) is 25.7 Å². The second kappa shape index (κ2) is 9.62. The molecule has 178 valence electrons. The SMILES string of the molecule is COC(=O)c1ccc([C@H](C)Nc2nccc3c2N(Cc2cccc(C(F)(F)F)c2)CCO3)cc1. The number of alkyl halides is 3. The van der Waals surface area contributed by atoms with Crippen molar-refractivity contribution in [3.63, 3.8) is 0 Å². The average molecular weight is 471 g/mol. The van der Waals surface area contributed by atoms with Gasteiger partial charge in [0.25, 0.3) is 0 Å². The highest BCUT2D eigenvalue weighted by atomic mass is 19.4. The van der Waals surface area contributed by atoms with Crippen LogP contribution in [-0.4, -0.2) is 31.2 Å². The molecule has 2 heterocycles. The highest BCUT2D eigenvalue weighted by Crippen LogP contribution is 2.39. The summed E-state index contributed by atoms with van der Waals surface area (Å²) < 4.78 is 50.0. The van der Waals surface area contributed by atoms with Gasteiger partial charge in [0.1, 0.15) is 18.0 Å². The van der Waals surface area contributed by atoms with E-state index in [4.69, 9.17) is 9.47 Å². The number of hydrogen-bond acceptors (Lipinski definition) is 6. The first kappa shape index (κ1) is 23.4. The second-order valence-electron chi connectivity index (χ2n) is 7.95. The molecular formula is C25H24F3N3O3. The van der Waals surface area contributed by atoms with Gasteiger partial charge in [-0.1, -0.05) is 24.3 Å². The van der Waals surface area contributed by atoms with Crippen LogP contribution in [0.3, 0.4) is 0 Å². The molecule has 0 saturated heterocycles. The zero-order chi connectivity index (χ0) is 24.3. The van der Waals surface area contributed by atoms with Crippen LogP contribution >= 0.6 is 0 Å². The molecule has 0 saturated carbocycles. The van der Waals surface area contributed by atoms with Crippen molar-refractivity contribution in [2.24, 2.45) is 0 Å². The van der Waals surface area contributed by atoms with Crippen molar-refractivity contribution in [3.8, 4) is 5.75 Å². The highest BCUT2D eigenvalue weighted by molar-refractivity contribution is 5.89. The molecule has 0 unspecified atom stereocenters. The van der Waals surface area contributed by atoms with E-state index in [1.54, 1.807) is 30.5 Å². The molecule has 0 bridgehead atoms. The normalized spacial score (nSPS) is 14.1. The first-order chi connectivity index (χ1) is 16.3. The third kappa shape index (κ3) is 5.08. The average Bonchev–Trinajstić information content (AvgIpc) is 2.83. The molecule has 1 aliphatic heterocycles. The molecule has 0 radical (unpaired) electrons. The first-order valence-corrected chi connectivity index (χ1v) is 10.7. The molecule has 2 aromatic carbocycles. The van der Waals surface area contributed by atoms with E-state index in [0.717, 1.165) is 11.6 Å². The van der Waals surface area contributed by atoms with Crippen LogP contribution in [0.4, 0.5) is 24.7 Å². The van der Waals surface area contributed by atoms with Gasteiger partial charge < -0.3 is 19.7 Å². The molecule has 0 spiro atoms. The minimum atomic E-state index is -4.40. The maximum absolute atomic E-state index is 13.2. The molecule has 4 rings (SSSR count). The predicted molar refractivity (Wildman–Crippen MR) is 122 cm³/mol. The number of nitrogens with one attached hydrogen (secondary N) is 1. The zero-order valence-electron chi connectivity index (χ0n) is 18.7. The van der Waals surface area contributed by atoms with Crippen molar-refractivity contribution >= 4 is 17.5 Å². The Morgan fingerprint density at radius 1 is 1.21 bits per heavy atom. The third-order valence-electron chi connectivity index (χ3n) is 5.63. The molecule has 3 aromatic rings. The molecule has 1 atom stereocenters. The van der Waals surface area contributed by atoms with Crippen LogP contribution in [0, 0.1) is 0 Å². The van der Waals surface area contributed by atoms with E-state index in [-0.39, 0.29) is 12.6 Å². The number of rotatable bonds is 6. The number of pyridine rings is 1. The van der Waals surface area contributed by atoms with Crippen molar-refractivity contribution in [2.75, 3.05) is 30.5 Å². The number of carbonyl (C=O) groups excluding carboxylic acids is 1. The molecule has 6 nitrogen and oxygen atoms in total. The molecular weight excluding hydrogens is 447 g/mol. The zero-order valence-corrected chi connectivity index (χ0v) is 18.7. The summed E-state index contributed by atoms with van der Waals surface area (Å²) in [5.41, 5.74) is 1.95. The van der Waals surface area contributed by atoms with Crippen LogP contribution < -0.4 is 15.0 Å². The summed E-state index contributed by atoms with van der Waals surface area (Å²) in [5, 5.41) is 3.37. The maximum atomic E-state index is 13.2. The number of halogens is 3. The van der Waals surface area contributed by atoms with Gasteiger partial charge >= 0.3 is 12.1 Å². The molecule has 1 aliphatic rings. The summed E-state index contributed by atoms with van der Waals surface area (Å²) in [5.74, 6) is 0.769. The van der Waals surface area contributed by atoms with E-state index in [1.165, 1.54) is 19.2 Å². The van der Waals surface area contributed by atoms with Crippen LogP contribution in [0.5, 0.6) is 5.75 Å². The van der Waals surface area contributed by atoms with Gasteiger partial charge in [0, 0.05) is 18.8 Å². The van der Waals surface area contributed by atoms with Crippen molar-refractivity contribution in [1.29, 1.82) is 0 Å². The topological polar surface area (TPSA) is 63.7 Å². The van der Waals surface area contributed by atoms with Gasteiger partial charge in [0.15, 0.2) is 5.82 Å².